The molecule has 1 fully saturated rings. The summed E-state index contributed by atoms with van der Waals surface area (Å²) in [5, 5.41) is 14.2. The second kappa shape index (κ2) is 10.1. The smallest absolute Gasteiger partial charge is 0.278 e. The number of benzene rings is 1. The van der Waals surface area contributed by atoms with E-state index in [2.05, 4.69) is 37.1 Å². The van der Waals surface area contributed by atoms with E-state index in [1.165, 1.54) is 17.8 Å². The Morgan fingerprint density at radius 3 is 2.50 bits per heavy atom. The van der Waals surface area contributed by atoms with E-state index in [0.717, 1.165) is 42.2 Å². The van der Waals surface area contributed by atoms with Crippen molar-refractivity contribution in [3.05, 3.63) is 76.4 Å². The number of aromatic nitrogens is 5. The lowest BCUT2D eigenvalue weighted by molar-refractivity contribution is 0.0419. The van der Waals surface area contributed by atoms with Crippen molar-refractivity contribution in [2.75, 3.05) is 43.4 Å². The summed E-state index contributed by atoms with van der Waals surface area (Å²) in [7, 11) is 2.12. The summed E-state index contributed by atoms with van der Waals surface area (Å²) < 4.78 is 32.0. The van der Waals surface area contributed by atoms with Gasteiger partial charge in [-0.2, -0.15) is 4.98 Å². The molecule has 2 bridgehead atoms. The van der Waals surface area contributed by atoms with Gasteiger partial charge in [-0.15, -0.1) is 0 Å². The number of aliphatic hydroxyl groups is 1. The van der Waals surface area contributed by atoms with Crippen LogP contribution >= 0.6 is 0 Å². The molecule has 2 N–H and O–H groups in total. The maximum atomic E-state index is 14.9. The molecule has 10 nitrogen and oxygen atoms in total. The first-order chi connectivity index (χ1) is 19.2. The van der Waals surface area contributed by atoms with Crippen molar-refractivity contribution in [2.24, 2.45) is 0 Å². The van der Waals surface area contributed by atoms with Crippen molar-refractivity contribution in [3.8, 4) is 5.82 Å². The van der Waals surface area contributed by atoms with Crippen molar-refractivity contribution in [1.82, 2.24) is 29.2 Å². The SMILES string of the molecule is CN1CCN(c2ccc(Nc3ncc4c(=O)n5n(c4n3)-c3cccc(n3)C(C)(O)CC/C(F)=C(/F)C5)cc2)CC1. The molecule has 1 unspecified atom stereocenters. The minimum atomic E-state index is -1.51. The zero-order valence-corrected chi connectivity index (χ0v) is 22.3. The van der Waals surface area contributed by atoms with Gasteiger partial charge in [0, 0.05) is 50.2 Å². The van der Waals surface area contributed by atoms with Crippen molar-refractivity contribution in [3.63, 3.8) is 0 Å². The monoisotopic (exact) mass is 548 g/mol. The first-order valence-corrected chi connectivity index (χ1v) is 13.2. The third-order valence-corrected chi connectivity index (χ3v) is 7.58. The average Bonchev–Trinajstić information content (AvgIpc) is 3.22. The van der Waals surface area contributed by atoms with E-state index in [-0.39, 0.29) is 41.3 Å². The molecular formula is C28H30F2N8O2. The number of pyridine rings is 1. The van der Waals surface area contributed by atoms with E-state index in [1.54, 1.807) is 18.2 Å². The average molecular weight is 549 g/mol. The third-order valence-electron chi connectivity index (χ3n) is 7.58. The zero-order chi connectivity index (χ0) is 28.0. The fourth-order valence-electron chi connectivity index (χ4n) is 5.09. The summed E-state index contributed by atoms with van der Waals surface area (Å²) in [5.41, 5.74) is 0.233. The molecule has 4 aromatic rings. The summed E-state index contributed by atoms with van der Waals surface area (Å²) >= 11 is 0. The second-order valence-electron chi connectivity index (χ2n) is 10.5. The maximum absolute atomic E-state index is 14.9. The van der Waals surface area contributed by atoms with Gasteiger partial charge in [-0.05, 0) is 56.8 Å². The van der Waals surface area contributed by atoms with Crippen molar-refractivity contribution in [1.29, 1.82) is 0 Å². The Labute approximate surface area is 229 Å². The number of nitrogens with zero attached hydrogens (tertiary/aromatic N) is 7. The highest BCUT2D eigenvalue weighted by Gasteiger charge is 2.29. The second-order valence-corrected chi connectivity index (χ2v) is 10.5. The number of piperazine rings is 1. The van der Waals surface area contributed by atoms with Crippen LogP contribution in [0.4, 0.5) is 26.1 Å². The molecule has 1 saturated heterocycles. The molecule has 208 valence electrons. The summed E-state index contributed by atoms with van der Waals surface area (Å²) in [6, 6.07) is 12.8. The van der Waals surface area contributed by atoms with E-state index < -0.39 is 29.4 Å². The number of halogens is 2. The Kier molecular flexibility index (Phi) is 6.59. The summed E-state index contributed by atoms with van der Waals surface area (Å²) in [6.45, 7) is 4.80. The minimum absolute atomic E-state index is 0.0723. The highest BCUT2D eigenvalue weighted by molar-refractivity contribution is 5.77. The van der Waals surface area contributed by atoms with E-state index >= 15 is 0 Å². The first-order valence-electron chi connectivity index (χ1n) is 13.2. The molecule has 2 aliphatic rings. The molecule has 5 heterocycles. The maximum Gasteiger partial charge on any atom is 0.278 e. The Morgan fingerprint density at radius 2 is 1.75 bits per heavy atom. The molecule has 6 rings (SSSR count). The lowest BCUT2D eigenvalue weighted by Gasteiger charge is -2.34. The topological polar surface area (TPSA) is 104 Å². The third kappa shape index (κ3) is 4.84. The molecular weight excluding hydrogens is 518 g/mol. The molecule has 0 aliphatic carbocycles. The molecule has 1 atom stereocenters. The van der Waals surface area contributed by atoms with Crippen LogP contribution in [0.5, 0.6) is 0 Å². The summed E-state index contributed by atoms with van der Waals surface area (Å²) in [6.07, 6.45) is 0.959. The lowest BCUT2D eigenvalue weighted by atomic mass is 9.95. The van der Waals surface area contributed by atoms with Gasteiger partial charge < -0.3 is 20.2 Å². The van der Waals surface area contributed by atoms with Crippen LogP contribution in [0.3, 0.4) is 0 Å². The Hall–Kier alpha value is -4.16. The quantitative estimate of drug-likeness (QED) is 0.400. The van der Waals surface area contributed by atoms with Gasteiger partial charge in [0.05, 0.1) is 12.2 Å². The number of allylic oxidation sites excluding steroid dienone is 2. The fourth-order valence-corrected chi connectivity index (χ4v) is 5.09. The van der Waals surface area contributed by atoms with Gasteiger partial charge in [-0.3, -0.25) is 4.79 Å². The summed E-state index contributed by atoms with van der Waals surface area (Å²) in [4.78, 5) is 31.4. The number of rotatable bonds is 3. The van der Waals surface area contributed by atoms with E-state index in [1.807, 2.05) is 24.3 Å². The van der Waals surface area contributed by atoms with Gasteiger partial charge in [0.25, 0.3) is 5.56 Å². The molecule has 0 radical (unpaired) electrons. The molecule has 2 aliphatic heterocycles. The van der Waals surface area contributed by atoms with Crippen LogP contribution in [0.25, 0.3) is 16.9 Å². The Bertz CT molecular complexity index is 1650. The van der Waals surface area contributed by atoms with Crippen LogP contribution in [0.15, 0.2) is 65.1 Å². The van der Waals surface area contributed by atoms with Crippen LogP contribution < -0.4 is 15.8 Å². The van der Waals surface area contributed by atoms with Gasteiger partial charge in [-0.25, -0.2) is 28.1 Å². The van der Waals surface area contributed by atoms with Gasteiger partial charge >= 0.3 is 0 Å². The summed E-state index contributed by atoms with van der Waals surface area (Å²) in [5.74, 6) is -1.65. The number of nitrogens with one attached hydrogen (secondary N) is 1. The predicted octanol–water partition coefficient (Wildman–Crippen LogP) is 3.62. The van der Waals surface area contributed by atoms with E-state index in [4.69, 9.17) is 0 Å². The number of anilines is 3. The van der Waals surface area contributed by atoms with Crippen molar-refractivity contribution in [2.45, 2.75) is 31.9 Å². The molecule has 3 aromatic heterocycles. The standard InChI is InChI=1S/C28H30F2N8O2/c1-28(40)11-10-21(29)22(30)17-37-26(39)20-16-31-27(34-25(20)38(37)24-5-3-4-23(28)33-24)32-18-6-8-19(9-7-18)36-14-12-35(2)13-15-36/h3-9,16,40H,10-15,17H2,1-2H3,(H,31,32,34)/b22-21-. The van der Waals surface area contributed by atoms with Crippen LogP contribution in [0.1, 0.15) is 25.5 Å². The molecule has 1 aromatic carbocycles. The van der Waals surface area contributed by atoms with Crippen molar-refractivity contribution >= 4 is 28.4 Å². The van der Waals surface area contributed by atoms with Crippen molar-refractivity contribution < 1.29 is 13.9 Å². The lowest BCUT2D eigenvalue weighted by Crippen LogP contribution is -2.44. The molecule has 0 saturated carbocycles. The number of hydrogen-bond donors (Lipinski definition) is 2. The Balaban J connectivity index is 1.40. The largest absolute Gasteiger partial charge is 0.384 e. The number of hydrogen-bond acceptors (Lipinski definition) is 8. The van der Waals surface area contributed by atoms with E-state index in [0.29, 0.717) is 0 Å². The normalized spacial score (nSPS) is 22.2. The molecule has 0 amide bonds. The highest BCUT2D eigenvalue weighted by Crippen LogP contribution is 2.30. The fraction of sp³-hybridized carbons (Fsp3) is 0.357. The zero-order valence-electron chi connectivity index (χ0n) is 22.3. The van der Waals surface area contributed by atoms with Gasteiger partial charge in [0.2, 0.25) is 5.95 Å². The van der Waals surface area contributed by atoms with Crippen LogP contribution in [-0.2, 0) is 12.1 Å². The van der Waals surface area contributed by atoms with E-state index in [9.17, 15) is 18.7 Å². The van der Waals surface area contributed by atoms with Gasteiger partial charge in [0.1, 0.15) is 16.8 Å². The van der Waals surface area contributed by atoms with Crippen LogP contribution in [-0.4, -0.2) is 67.5 Å². The molecule has 0 spiro atoms. The minimum Gasteiger partial charge on any atom is -0.384 e. The molecule has 12 heteroatoms. The predicted molar refractivity (Wildman–Crippen MR) is 148 cm³/mol. The van der Waals surface area contributed by atoms with Gasteiger partial charge in [-0.1, -0.05) is 6.07 Å². The van der Waals surface area contributed by atoms with Crippen LogP contribution in [0.2, 0.25) is 0 Å². The highest BCUT2D eigenvalue weighted by atomic mass is 19.2. The first kappa shape index (κ1) is 26.1. The van der Waals surface area contributed by atoms with Crippen LogP contribution in [0, 0.1) is 0 Å². The number of likely N-dealkylation sites (N-methyl/N-ethyl adjacent to an activating group) is 1. The van der Waals surface area contributed by atoms with Gasteiger partial charge in [0.15, 0.2) is 17.3 Å². The number of fused-ring (bicyclic) bond motifs is 6. The Morgan fingerprint density at radius 1 is 1.00 bits per heavy atom. The molecule has 40 heavy (non-hydrogen) atoms.